The molecule has 2 aromatic carbocycles. The van der Waals surface area contributed by atoms with E-state index in [0.717, 1.165) is 18.2 Å². The molecule has 2 aromatic rings. The molecule has 0 heterocycles. The van der Waals surface area contributed by atoms with Crippen LogP contribution in [0.4, 0.5) is 22.0 Å². The quantitative estimate of drug-likeness (QED) is 0.524. The molecule has 0 fully saturated rings. The fourth-order valence-corrected chi connectivity index (χ4v) is 1.47. The summed E-state index contributed by atoms with van der Waals surface area (Å²) in [4.78, 5) is 0. The first-order valence-corrected chi connectivity index (χ1v) is 4.59. The van der Waals surface area contributed by atoms with Gasteiger partial charge in [-0.25, -0.2) is 22.0 Å². The number of rotatable bonds is 1. The number of hydrogen-bond acceptors (Lipinski definition) is 0. The maximum Gasteiger partial charge on any atom is 0.194 e. The lowest BCUT2D eigenvalue weighted by Gasteiger charge is -2.06. The molecule has 0 unspecified atom stereocenters. The summed E-state index contributed by atoms with van der Waals surface area (Å²) in [6.45, 7) is 0. The molecule has 0 atom stereocenters. The normalized spacial score (nSPS) is 10.6. The standard InChI is InChI=1S/C12H5F5/c13-7-2-1-3-8(14)11(7)6-4-9(15)12(17)10(16)5-6/h1-5H. The second-order valence-electron chi connectivity index (χ2n) is 3.35. The smallest absolute Gasteiger partial charge is 0.194 e. The molecular weight excluding hydrogens is 239 g/mol. The van der Waals surface area contributed by atoms with Crippen LogP contribution in [0, 0.1) is 29.1 Å². The minimum atomic E-state index is -1.68. The molecule has 0 aliphatic rings. The molecule has 0 radical (unpaired) electrons. The van der Waals surface area contributed by atoms with Crippen LogP contribution >= 0.6 is 0 Å². The van der Waals surface area contributed by atoms with Gasteiger partial charge in [0.25, 0.3) is 0 Å². The zero-order valence-electron chi connectivity index (χ0n) is 8.28. The van der Waals surface area contributed by atoms with Crippen molar-refractivity contribution in [1.29, 1.82) is 0 Å². The number of benzene rings is 2. The van der Waals surface area contributed by atoms with E-state index in [1.807, 2.05) is 0 Å². The molecule has 0 bridgehead atoms. The summed E-state index contributed by atoms with van der Waals surface area (Å²) in [6.07, 6.45) is 0. The fraction of sp³-hybridized carbons (Fsp3) is 0. The van der Waals surface area contributed by atoms with Gasteiger partial charge in [-0.15, -0.1) is 0 Å². The van der Waals surface area contributed by atoms with Crippen LogP contribution in [0.3, 0.4) is 0 Å². The van der Waals surface area contributed by atoms with Gasteiger partial charge in [0.15, 0.2) is 17.5 Å². The van der Waals surface area contributed by atoms with E-state index in [4.69, 9.17) is 0 Å². The first kappa shape index (κ1) is 11.6. The summed E-state index contributed by atoms with van der Waals surface area (Å²) in [5, 5.41) is 0. The van der Waals surface area contributed by atoms with Crippen molar-refractivity contribution in [2.24, 2.45) is 0 Å². The molecule has 0 saturated heterocycles. The first-order valence-electron chi connectivity index (χ1n) is 4.59. The van der Waals surface area contributed by atoms with Crippen molar-refractivity contribution in [2.75, 3.05) is 0 Å². The summed E-state index contributed by atoms with van der Waals surface area (Å²) in [6, 6.07) is 4.08. The highest BCUT2D eigenvalue weighted by molar-refractivity contribution is 5.65. The van der Waals surface area contributed by atoms with E-state index in [1.54, 1.807) is 0 Å². The second kappa shape index (κ2) is 4.16. The minimum Gasteiger partial charge on any atom is -0.206 e. The lowest BCUT2D eigenvalue weighted by molar-refractivity contribution is 0.447. The molecule has 0 aromatic heterocycles. The van der Waals surface area contributed by atoms with Crippen molar-refractivity contribution in [3.05, 3.63) is 59.4 Å². The van der Waals surface area contributed by atoms with Gasteiger partial charge in [0, 0.05) is 0 Å². The monoisotopic (exact) mass is 244 g/mol. The van der Waals surface area contributed by atoms with E-state index in [2.05, 4.69) is 0 Å². The Morgan fingerprint density at radius 3 is 1.59 bits per heavy atom. The summed E-state index contributed by atoms with van der Waals surface area (Å²) in [5.74, 6) is -6.62. The maximum atomic E-state index is 13.3. The Morgan fingerprint density at radius 1 is 0.647 bits per heavy atom. The Balaban J connectivity index is 2.69. The highest BCUT2D eigenvalue weighted by Gasteiger charge is 2.16. The van der Waals surface area contributed by atoms with Crippen LogP contribution < -0.4 is 0 Å². The van der Waals surface area contributed by atoms with Gasteiger partial charge < -0.3 is 0 Å². The van der Waals surface area contributed by atoms with E-state index in [-0.39, 0.29) is 0 Å². The van der Waals surface area contributed by atoms with E-state index in [1.165, 1.54) is 0 Å². The Kier molecular flexibility index (Phi) is 2.83. The van der Waals surface area contributed by atoms with Crippen molar-refractivity contribution in [1.82, 2.24) is 0 Å². The SMILES string of the molecule is Fc1cc(-c2c(F)cccc2F)cc(F)c1F. The highest BCUT2D eigenvalue weighted by atomic mass is 19.2. The van der Waals surface area contributed by atoms with Crippen molar-refractivity contribution in [2.45, 2.75) is 0 Å². The van der Waals surface area contributed by atoms with E-state index < -0.39 is 40.2 Å². The topological polar surface area (TPSA) is 0 Å². The van der Waals surface area contributed by atoms with Gasteiger partial charge in [-0.3, -0.25) is 0 Å². The predicted molar refractivity (Wildman–Crippen MR) is 51.7 cm³/mol. The summed E-state index contributed by atoms with van der Waals surface area (Å²) < 4.78 is 65.2. The van der Waals surface area contributed by atoms with Crippen LogP contribution in [0.15, 0.2) is 30.3 Å². The molecule has 0 N–H and O–H groups in total. The average Bonchev–Trinajstić information content (AvgIpc) is 2.25. The van der Waals surface area contributed by atoms with E-state index in [9.17, 15) is 22.0 Å². The predicted octanol–water partition coefficient (Wildman–Crippen LogP) is 4.05. The van der Waals surface area contributed by atoms with Gasteiger partial charge in [-0.05, 0) is 29.8 Å². The molecule has 88 valence electrons. The molecule has 0 spiro atoms. The van der Waals surface area contributed by atoms with Crippen molar-refractivity contribution < 1.29 is 22.0 Å². The van der Waals surface area contributed by atoms with E-state index in [0.29, 0.717) is 12.1 Å². The van der Waals surface area contributed by atoms with Gasteiger partial charge in [-0.1, -0.05) is 6.07 Å². The van der Waals surface area contributed by atoms with Crippen LogP contribution in [0.5, 0.6) is 0 Å². The number of halogens is 5. The maximum absolute atomic E-state index is 13.3. The molecular formula is C12H5F5. The molecule has 5 heteroatoms. The second-order valence-corrected chi connectivity index (χ2v) is 3.35. The van der Waals surface area contributed by atoms with Crippen LogP contribution in [0.2, 0.25) is 0 Å². The Morgan fingerprint density at radius 2 is 1.12 bits per heavy atom. The third-order valence-electron chi connectivity index (χ3n) is 2.24. The van der Waals surface area contributed by atoms with Crippen molar-refractivity contribution >= 4 is 0 Å². The molecule has 17 heavy (non-hydrogen) atoms. The van der Waals surface area contributed by atoms with Gasteiger partial charge >= 0.3 is 0 Å². The Labute approximate surface area is 93.3 Å². The van der Waals surface area contributed by atoms with Crippen LogP contribution in [0.25, 0.3) is 11.1 Å². The third kappa shape index (κ3) is 2.00. The molecule has 0 amide bonds. The van der Waals surface area contributed by atoms with Gasteiger partial charge in [0.05, 0.1) is 5.56 Å². The fourth-order valence-electron chi connectivity index (χ4n) is 1.47. The summed E-state index contributed by atoms with van der Waals surface area (Å²) in [5.41, 5.74) is -0.984. The lowest BCUT2D eigenvalue weighted by Crippen LogP contribution is -1.95. The Bertz CT molecular complexity index is 534. The summed E-state index contributed by atoms with van der Waals surface area (Å²) in [7, 11) is 0. The van der Waals surface area contributed by atoms with Crippen LogP contribution in [0.1, 0.15) is 0 Å². The lowest BCUT2D eigenvalue weighted by atomic mass is 10.0. The first-order chi connectivity index (χ1) is 8.00. The molecule has 0 nitrogen and oxygen atoms in total. The third-order valence-corrected chi connectivity index (χ3v) is 2.24. The Hall–Kier alpha value is -1.91. The molecule has 2 rings (SSSR count). The molecule has 0 aliphatic heterocycles. The number of hydrogen-bond donors (Lipinski definition) is 0. The molecule has 0 aliphatic carbocycles. The highest BCUT2D eigenvalue weighted by Crippen LogP contribution is 2.28. The van der Waals surface area contributed by atoms with Gasteiger partial charge in [0.1, 0.15) is 11.6 Å². The zero-order chi connectivity index (χ0) is 12.6. The zero-order valence-corrected chi connectivity index (χ0v) is 8.28. The summed E-state index contributed by atoms with van der Waals surface area (Å²) >= 11 is 0. The largest absolute Gasteiger partial charge is 0.206 e. The average molecular weight is 244 g/mol. The molecule has 0 saturated carbocycles. The minimum absolute atomic E-state index is 0.392. The van der Waals surface area contributed by atoms with Gasteiger partial charge in [0.2, 0.25) is 0 Å². The van der Waals surface area contributed by atoms with Crippen LogP contribution in [-0.4, -0.2) is 0 Å². The van der Waals surface area contributed by atoms with E-state index >= 15 is 0 Å². The van der Waals surface area contributed by atoms with Gasteiger partial charge in [-0.2, -0.15) is 0 Å². The van der Waals surface area contributed by atoms with Crippen molar-refractivity contribution in [3.8, 4) is 11.1 Å². The van der Waals surface area contributed by atoms with Crippen molar-refractivity contribution in [3.63, 3.8) is 0 Å². The van der Waals surface area contributed by atoms with Crippen LogP contribution in [-0.2, 0) is 0 Å².